The number of aliphatic carboxylic acids is 2. The second-order valence-electron chi connectivity index (χ2n) is 10.1. The summed E-state index contributed by atoms with van der Waals surface area (Å²) in [5.74, 6) is -2.00. The van der Waals surface area contributed by atoms with Crippen LogP contribution in [0.4, 0.5) is 0 Å². The van der Waals surface area contributed by atoms with Crippen LogP contribution in [0, 0.1) is 29.1 Å². The second-order valence-corrected chi connectivity index (χ2v) is 10.1. The molecule has 7 heteroatoms. The van der Waals surface area contributed by atoms with Crippen LogP contribution in [0.1, 0.15) is 51.4 Å². The molecule has 0 amide bonds. The average molecular weight is 404 g/mol. The van der Waals surface area contributed by atoms with Gasteiger partial charge in [0, 0.05) is 5.92 Å². The van der Waals surface area contributed by atoms with Crippen LogP contribution >= 0.6 is 0 Å². The molecule has 3 saturated heterocycles. The number of carboxylic acid groups (broad SMARTS) is 2. The van der Waals surface area contributed by atoms with Crippen molar-refractivity contribution in [3.63, 3.8) is 0 Å². The summed E-state index contributed by atoms with van der Waals surface area (Å²) in [5.41, 5.74) is -1.39. The maximum atomic E-state index is 12.6. The third kappa shape index (κ3) is 3.00. The fourth-order valence-electron chi connectivity index (χ4n) is 6.79. The largest absolute Gasteiger partial charge is 0.483 e. The van der Waals surface area contributed by atoms with E-state index in [1.165, 1.54) is 0 Å². The van der Waals surface area contributed by atoms with E-state index in [-0.39, 0.29) is 24.0 Å². The van der Waals surface area contributed by atoms with Crippen LogP contribution in [0.5, 0.6) is 0 Å². The first kappa shape index (κ1) is 18.2. The van der Waals surface area contributed by atoms with Crippen molar-refractivity contribution in [3.8, 4) is 0 Å². The van der Waals surface area contributed by atoms with Gasteiger partial charge < -0.3 is 24.4 Å². The third-order valence-electron chi connectivity index (χ3n) is 8.38. The fraction of sp³-hybridized carbons (Fsp3) is 0.818. The van der Waals surface area contributed by atoms with Gasteiger partial charge in [0.15, 0.2) is 6.10 Å². The number of ether oxygens (including phenoxy) is 3. The molecule has 5 fully saturated rings. The molecule has 0 aromatic rings. The molecule has 6 rings (SSSR count). The van der Waals surface area contributed by atoms with E-state index in [4.69, 9.17) is 14.2 Å². The molecule has 0 aromatic carbocycles. The molecule has 158 valence electrons. The maximum Gasteiger partial charge on any atom is 0.314 e. The Labute approximate surface area is 169 Å². The molecular formula is C22H28O7. The van der Waals surface area contributed by atoms with Crippen molar-refractivity contribution in [1.82, 2.24) is 0 Å². The maximum absolute atomic E-state index is 12.6. The number of carbonyl (C=O) groups is 2. The molecule has 7 nitrogen and oxygen atoms in total. The highest BCUT2D eigenvalue weighted by atomic mass is 16.6. The van der Waals surface area contributed by atoms with E-state index in [0.717, 1.165) is 38.5 Å². The van der Waals surface area contributed by atoms with Crippen molar-refractivity contribution in [1.29, 1.82) is 0 Å². The standard InChI is InChI=1S/C22H28O7/c23-20(24)18-12(5-10-1-3-13-15(6-10)27-13)19-17(29-19)9-22(18,21(25)26)8-11-2-4-14-16(7-11)28-14/h9-16,18-19H,1-8H2,(H,23,24)(H,25,26). The lowest BCUT2D eigenvalue weighted by Crippen LogP contribution is -2.50. The van der Waals surface area contributed by atoms with E-state index in [2.05, 4.69) is 0 Å². The summed E-state index contributed by atoms with van der Waals surface area (Å²) in [6, 6.07) is 0. The van der Waals surface area contributed by atoms with Gasteiger partial charge in [-0.3, -0.25) is 9.59 Å². The van der Waals surface area contributed by atoms with Gasteiger partial charge in [0.2, 0.25) is 0 Å². The zero-order valence-electron chi connectivity index (χ0n) is 16.4. The van der Waals surface area contributed by atoms with Crippen molar-refractivity contribution in [3.05, 3.63) is 11.8 Å². The normalized spacial score (nSPS) is 51.4. The van der Waals surface area contributed by atoms with Gasteiger partial charge in [-0.25, -0.2) is 0 Å². The van der Waals surface area contributed by atoms with Crippen LogP contribution in [0.2, 0.25) is 0 Å². The van der Waals surface area contributed by atoms with E-state index in [0.29, 0.717) is 42.8 Å². The van der Waals surface area contributed by atoms with Crippen LogP contribution in [0.15, 0.2) is 11.8 Å². The molecule has 0 bridgehead atoms. The Morgan fingerprint density at radius 2 is 1.62 bits per heavy atom. The van der Waals surface area contributed by atoms with Crippen LogP contribution in [-0.4, -0.2) is 52.7 Å². The van der Waals surface area contributed by atoms with E-state index >= 15 is 0 Å². The number of fused-ring (bicyclic) bond motifs is 3. The Morgan fingerprint density at radius 3 is 2.24 bits per heavy atom. The monoisotopic (exact) mass is 404 g/mol. The summed E-state index contributed by atoms with van der Waals surface area (Å²) in [5, 5.41) is 20.5. The molecule has 10 unspecified atom stereocenters. The first-order valence-electron chi connectivity index (χ1n) is 11.1. The second kappa shape index (κ2) is 6.20. The van der Waals surface area contributed by atoms with E-state index in [1.807, 2.05) is 0 Å². The molecule has 6 aliphatic rings. The number of hydrogen-bond acceptors (Lipinski definition) is 5. The highest BCUT2D eigenvalue weighted by Crippen LogP contribution is 2.58. The van der Waals surface area contributed by atoms with Crippen molar-refractivity contribution in [2.45, 2.75) is 81.9 Å². The van der Waals surface area contributed by atoms with Gasteiger partial charge in [0.1, 0.15) is 11.2 Å². The zero-order chi connectivity index (χ0) is 19.9. The molecule has 10 atom stereocenters. The summed E-state index contributed by atoms with van der Waals surface area (Å²) < 4.78 is 17.0. The Morgan fingerprint density at radius 1 is 0.966 bits per heavy atom. The summed E-state index contributed by atoms with van der Waals surface area (Å²) in [6.45, 7) is 0. The fourth-order valence-corrected chi connectivity index (χ4v) is 6.79. The van der Waals surface area contributed by atoms with Gasteiger partial charge in [0.05, 0.1) is 30.3 Å². The van der Waals surface area contributed by atoms with Crippen LogP contribution < -0.4 is 0 Å². The lowest BCUT2D eigenvalue weighted by atomic mass is 9.59. The Bertz CT molecular complexity index is 777. The lowest BCUT2D eigenvalue weighted by Gasteiger charge is -2.41. The molecule has 0 aromatic heterocycles. The topological polar surface area (TPSA) is 112 Å². The predicted octanol–water partition coefficient (Wildman–Crippen LogP) is 2.59. The van der Waals surface area contributed by atoms with Crippen LogP contribution in [0.3, 0.4) is 0 Å². The van der Waals surface area contributed by atoms with Gasteiger partial charge in [-0.05, 0) is 69.3 Å². The summed E-state index contributed by atoms with van der Waals surface area (Å²) in [4.78, 5) is 25.1. The van der Waals surface area contributed by atoms with Crippen molar-refractivity contribution >= 4 is 11.9 Å². The SMILES string of the molecule is O=C(O)C1C(CC2CCC3OC3C2)C2OC2=CC1(CC1CCC2OC2C1)C(=O)O. The number of carboxylic acids is 2. The zero-order valence-corrected chi connectivity index (χ0v) is 16.4. The van der Waals surface area contributed by atoms with Gasteiger partial charge in [-0.1, -0.05) is 0 Å². The smallest absolute Gasteiger partial charge is 0.314 e. The van der Waals surface area contributed by atoms with E-state index < -0.39 is 23.3 Å². The minimum atomic E-state index is -1.39. The van der Waals surface area contributed by atoms with E-state index in [1.54, 1.807) is 6.08 Å². The van der Waals surface area contributed by atoms with Gasteiger partial charge >= 0.3 is 11.9 Å². The summed E-state index contributed by atoms with van der Waals surface area (Å²) in [7, 11) is 0. The molecule has 29 heavy (non-hydrogen) atoms. The predicted molar refractivity (Wildman–Crippen MR) is 98.9 cm³/mol. The molecular weight excluding hydrogens is 376 g/mol. The van der Waals surface area contributed by atoms with E-state index in [9.17, 15) is 19.8 Å². The lowest BCUT2D eigenvalue weighted by molar-refractivity contribution is -0.164. The quantitative estimate of drug-likeness (QED) is 0.654. The highest BCUT2D eigenvalue weighted by molar-refractivity contribution is 5.86. The number of epoxide rings is 3. The third-order valence-corrected chi connectivity index (χ3v) is 8.38. The molecule has 3 heterocycles. The highest BCUT2D eigenvalue weighted by Gasteiger charge is 2.64. The average Bonchev–Trinajstić information content (AvgIpc) is 3.55. The molecule has 3 aliphatic carbocycles. The van der Waals surface area contributed by atoms with Crippen LogP contribution in [0.25, 0.3) is 0 Å². The molecule has 2 saturated carbocycles. The minimum absolute atomic E-state index is 0.180. The van der Waals surface area contributed by atoms with Crippen molar-refractivity contribution in [2.24, 2.45) is 29.1 Å². The molecule has 0 spiro atoms. The number of rotatable bonds is 6. The first-order valence-corrected chi connectivity index (χ1v) is 11.1. The molecule has 2 N–H and O–H groups in total. The minimum Gasteiger partial charge on any atom is -0.483 e. The van der Waals surface area contributed by atoms with Crippen LogP contribution in [-0.2, 0) is 23.8 Å². The van der Waals surface area contributed by atoms with Crippen molar-refractivity contribution in [2.75, 3.05) is 0 Å². The van der Waals surface area contributed by atoms with Gasteiger partial charge in [0.25, 0.3) is 0 Å². The first-order chi connectivity index (χ1) is 13.9. The van der Waals surface area contributed by atoms with Gasteiger partial charge in [-0.15, -0.1) is 0 Å². The molecule has 3 aliphatic heterocycles. The summed E-state index contributed by atoms with van der Waals surface area (Å²) in [6.07, 6.45) is 9.53. The Hall–Kier alpha value is -1.60. The summed E-state index contributed by atoms with van der Waals surface area (Å²) >= 11 is 0. The van der Waals surface area contributed by atoms with Crippen molar-refractivity contribution < 1.29 is 34.0 Å². The Kier molecular flexibility index (Phi) is 3.89. The molecule has 0 radical (unpaired) electrons. The Balaban J connectivity index is 1.28. The van der Waals surface area contributed by atoms with Gasteiger partial charge in [-0.2, -0.15) is 0 Å². The number of hydrogen-bond donors (Lipinski definition) is 2.